The molecule has 0 radical (unpaired) electrons. The van der Waals surface area contributed by atoms with Crippen molar-refractivity contribution in [2.24, 2.45) is 0 Å². The maximum Gasteiger partial charge on any atom is 0.287 e. The van der Waals surface area contributed by atoms with Crippen molar-refractivity contribution in [2.75, 3.05) is 26.8 Å². The monoisotopic (exact) mass is 375 g/mol. The molecule has 0 aromatic carbocycles. The summed E-state index contributed by atoms with van der Waals surface area (Å²) < 4.78 is 12.6. The summed E-state index contributed by atoms with van der Waals surface area (Å²) in [6.45, 7) is 6.66. The number of furan rings is 1. The highest BCUT2D eigenvalue weighted by Crippen LogP contribution is 2.14. The molecule has 0 spiro atoms. The van der Waals surface area contributed by atoms with Crippen LogP contribution in [0.3, 0.4) is 0 Å². The van der Waals surface area contributed by atoms with Crippen molar-refractivity contribution in [3.63, 3.8) is 0 Å². The number of hydrogen-bond acceptors (Lipinski definition) is 4. The fourth-order valence-corrected chi connectivity index (χ4v) is 2.83. The van der Waals surface area contributed by atoms with Gasteiger partial charge >= 0.3 is 0 Å². The number of nitrogens with zero attached hydrogens (tertiary/aromatic N) is 2. The molecule has 7 nitrogen and oxygen atoms in total. The molecule has 2 aromatic heterocycles. The summed E-state index contributed by atoms with van der Waals surface area (Å²) in [6.07, 6.45) is 3.38. The molecule has 1 N–H and O–H groups in total. The Morgan fingerprint density at radius 3 is 2.78 bits per heavy atom. The minimum atomic E-state index is -0.256. The van der Waals surface area contributed by atoms with Gasteiger partial charge in [0, 0.05) is 38.5 Å². The van der Waals surface area contributed by atoms with Crippen LogP contribution in [-0.4, -0.2) is 48.1 Å². The van der Waals surface area contributed by atoms with Gasteiger partial charge in [0.1, 0.15) is 5.76 Å². The molecule has 2 aromatic rings. The Morgan fingerprint density at radius 1 is 1.26 bits per heavy atom. The Kier molecular flexibility index (Phi) is 8.13. The highest BCUT2D eigenvalue weighted by atomic mass is 16.5. The summed E-state index contributed by atoms with van der Waals surface area (Å²) in [5.74, 6) is 0.864. The molecule has 27 heavy (non-hydrogen) atoms. The van der Waals surface area contributed by atoms with E-state index in [0.717, 1.165) is 18.7 Å². The van der Waals surface area contributed by atoms with Crippen LogP contribution in [0.5, 0.6) is 0 Å². The van der Waals surface area contributed by atoms with Crippen molar-refractivity contribution in [1.29, 1.82) is 0 Å². The maximum absolute atomic E-state index is 12.1. The lowest BCUT2D eigenvalue weighted by Gasteiger charge is -2.22. The van der Waals surface area contributed by atoms with E-state index < -0.39 is 0 Å². The normalized spacial score (nSPS) is 10.8. The molecule has 2 amide bonds. The number of carbonyl (C=O) groups is 2. The molecule has 0 fully saturated rings. The molecule has 2 rings (SSSR count). The van der Waals surface area contributed by atoms with E-state index in [4.69, 9.17) is 9.15 Å². The zero-order valence-corrected chi connectivity index (χ0v) is 16.4. The van der Waals surface area contributed by atoms with Crippen molar-refractivity contribution >= 4 is 11.8 Å². The first-order valence-corrected chi connectivity index (χ1v) is 9.36. The summed E-state index contributed by atoms with van der Waals surface area (Å²) in [5, 5.41) is 2.73. The van der Waals surface area contributed by atoms with E-state index in [9.17, 15) is 9.59 Å². The number of rotatable bonds is 11. The van der Waals surface area contributed by atoms with Crippen LogP contribution >= 0.6 is 0 Å². The highest BCUT2D eigenvalue weighted by molar-refractivity contribution is 5.91. The van der Waals surface area contributed by atoms with E-state index in [1.807, 2.05) is 34.7 Å². The Labute approximate surface area is 160 Å². The molecule has 0 saturated heterocycles. The Morgan fingerprint density at radius 2 is 2.07 bits per heavy atom. The van der Waals surface area contributed by atoms with Gasteiger partial charge in [-0.05, 0) is 30.7 Å². The fourth-order valence-electron chi connectivity index (χ4n) is 2.83. The van der Waals surface area contributed by atoms with Crippen molar-refractivity contribution in [3.8, 4) is 0 Å². The molecule has 148 valence electrons. The van der Waals surface area contributed by atoms with Crippen LogP contribution in [0.2, 0.25) is 0 Å². The Balaban J connectivity index is 2.02. The summed E-state index contributed by atoms with van der Waals surface area (Å²) >= 11 is 0. The van der Waals surface area contributed by atoms with E-state index in [1.54, 1.807) is 19.2 Å². The molecule has 0 aliphatic carbocycles. The standard InChI is InChI=1S/C20H29N3O4/c1-4-11-23(19(24)5-2)14-16-7-6-12-22(16)15-17-8-9-18(27-17)20(25)21-10-13-26-3/h6-9,12H,4-5,10-11,13-15H2,1-3H3,(H,21,25). The van der Waals surface area contributed by atoms with Gasteiger partial charge in [-0.2, -0.15) is 0 Å². The zero-order chi connectivity index (χ0) is 19.6. The summed E-state index contributed by atoms with van der Waals surface area (Å²) in [7, 11) is 1.58. The van der Waals surface area contributed by atoms with Gasteiger partial charge in [0.25, 0.3) is 5.91 Å². The highest BCUT2D eigenvalue weighted by Gasteiger charge is 2.15. The van der Waals surface area contributed by atoms with Crippen LogP contribution in [0, 0.1) is 0 Å². The largest absolute Gasteiger partial charge is 0.454 e. The van der Waals surface area contributed by atoms with Gasteiger partial charge in [0.05, 0.1) is 19.7 Å². The summed E-state index contributed by atoms with van der Waals surface area (Å²) in [5.41, 5.74) is 1.03. The van der Waals surface area contributed by atoms with Gasteiger partial charge in [-0.25, -0.2) is 0 Å². The van der Waals surface area contributed by atoms with Crippen LogP contribution in [0.15, 0.2) is 34.9 Å². The number of ether oxygens (including phenoxy) is 1. The molecule has 0 bridgehead atoms. The minimum Gasteiger partial charge on any atom is -0.454 e. The smallest absolute Gasteiger partial charge is 0.287 e. The van der Waals surface area contributed by atoms with Gasteiger partial charge in [-0.3, -0.25) is 9.59 Å². The van der Waals surface area contributed by atoms with Crippen molar-refractivity contribution in [2.45, 2.75) is 39.8 Å². The van der Waals surface area contributed by atoms with Crippen LogP contribution in [-0.2, 0) is 22.6 Å². The lowest BCUT2D eigenvalue weighted by molar-refractivity contribution is -0.131. The number of carbonyl (C=O) groups excluding carboxylic acids is 2. The summed E-state index contributed by atoms with van der Waals surface area (Å²) in [4.78, 5) is 26.0. The van der Waals surface area contributed by atoms with Gasteiger partial charge in [0.15, 0.2) is 5.76 Å². The van der Waals surface area contributed by atoms with Gasteiger partial charge in [-0.1, -0.05) is 13.8 Å². The first-order chi connectivity index (χ1) is 13.1. The number of nitrogens with one attached hydrogen (secondary N) is 1. The van der Waals surface area contributed by atoms with Gasteiger partial charge < -0.3 is 23.9 Å². The predicted octanol–water partition coefficient (Wildman–Crippen LogP) is 2.65. The number of hydrogen-bond donors (Lipinski definition) is 1. The molecule has 0 aliphatic heterocycles. The minimum absolute atomic E-state index is 0.151. The van der Waals surface area contributed by atoms with Crippen molar-refractivity contribution in [1.82, 2.24) is 14.8 Å². The molecular weight excluding hydrogens is 346 g/mol. The Hall–Kier alpha value is -2.54. The first kappa shape index (κ1) is 20.8. The zero-order valence-electron chi connectivity index (χ0n) is 16.4. The Bertz CT molecular complexity index is 735. The second-order valence-electron chi connectivity index (χ2n) is 6.31. The second kappa shape index (κ2) is 10.6. The lowest BCUT2D eigenvalue weighted by atomic mass is 10.3. The van der Waals surface area contributed by atoms with Crippen LogP contribution in [0.4, 0.5) is 0 Å². The topological polar surface area (TPSA) is 76.7 Å². The molecule has 0 unspecified atom stereocenters. The third-order valence-electron chi connectivity index (χ3n) is 4.23. The molecule has 7 heteroatoms. The average molecular weight is 375 g/mol. The van der Waals surface area contributed by atoms with E-state index in [-0.39, 0.29) is 17.6 Å². The molecule has 2 heterocycles. The molecule has 0 atom stereocenters. The number of methoxy groups -OCH3 is 1. The predicted molar refractivity (Wildman–Crippen MR) is 102 cm³/mol. The van der Waals surface area contributed by atoms with Crippen molar-refractivity contribution in [3.05, 3.63) is 47.7 Å². The third kappa shape index (κ3) is 5.99. The van der Waals surface area contributed by atoms with Crippen LogP contribution in [0.1, 0.15) is 48.7 Å². The van der Waals surface area contributed by atoms with Crippen molar-refractivity contribution < 1.29 is 18.7 Å². The van der Waals surface area contributed by atoms with Gasteiger partial charge in [0.2, 0.25) is 5.91 Å². The van der Waals surface area contributed by atoms with Crippen LogP contribution < -0.4 is 5.32 Å². The van der Waals surface area contributed by atoms with E-state index in [0.29, 0.717) is 38.4 Å². The molecule has 0 aliphatic rings. The fraction of sp³-hybridized carbons (Fsp3) is 0.500. The quantitative estimate of drug-likeness (QED) is 0.613. The third-order valence-corrected chi connectivity index (χ3v) is 4.23. The van der Waals surface area contributed by atoms with E-state index in [1.165, 1.54) is 0 Å². The first-order valence-electron chi connectivity index (χ1n) is 9.36. The summed E-state index contributed by atoms with van der Waals surface area (Å²) in [6, 6.07) is 7.44. The maximum atomic E-state index is 12.1. The molecular formula is C20H29N3O4. The average Bonchev–Trinajstić information content (AvgIpc) is 3.31. The SMILES string of the molecule is CCCN(Cc1cccn1Cc1ccc(C(=O)NCCOC)o1)C(=O)CC. The molecule has 0 saturated carbocycles. The number of amides is 2. The van der Waals surface area contributed by atoms with Crippen LogP contribution in [0.25, 0.3) is 0 Å². The lowest BCUT2D eigenvalue weighted by Crippen LogP contribution is -2.31. The van der Waals surface area contributed by atoms with Gasteiger partial charge in [-0.15, -0.1) is 0 Å². The second-order valence-corrected chi connectivity index (χ2v) is 6.31. The van der Waals surface area contributed by atoms with E-state index >= 15 is 0 Å². The van der Waals surface area contributed by atoms with E-state index in [2.05, 4.69) is 12.2 Å². The number of aromatic nitrogens is 1.